The van der Waals surface area contributed by atoms with Gasteiger partial charge in [-0.05, 0) is 118 Å². The van der Waals surface area contributed by atoms with E-state index in [1.165, 1.54) is 23.1 Å². The highest BCUT2D eigenvalue weighted by Gasteiger charge is 2.43. The van der Waals surface area contributed by atoms with Crippen LogP contribution < -0.4 is 14.4 Å². The van der Waals surface area contributed by atoms with E-state index in [4.69, 9.17) is 16.3 Å². The molecule has 2 aliphatic heterocycles. The first kappa shape index (κ1) is 40.8. The predicted molar refractivity (Wildman–Crippen MR) is 201 cm³/mol. The molecule has 50 heavy (non-hydrogen) atoms. The molecule has 0 saturated heterocycles. The Morgan fingerprint density at radius 3 is 2.50 bits per heavy atom. The fourth-order valence-electron chi connectivity index (χ4n) is 6.91. The summed E-state index contributed by atoms with van der Waals surface area (Å²) in [4.78, 5) is 16.4. The summed E-state index contributed by atoms with van der Waals surface area (Å²) in [6, 6.07) is 12.5. The second-order valence-electron chi connectivity index (χ2n) is 13.7. The van der Waals surface area contributed by atoms with E-state index in [1.54, 1.807) is 13.8 Å². The monoisotopic (exact) mass is 754 g/mol. The van der Waals surface area contributed by atoms with Gasteiger partial charge in [0.1, 0.15) is 5.75 Å². The third kappa shape index (κ3) is 10.8. The van der Waals surface area contributed by atoms with Crippen molar-refractivity contribution in [1.29, 1.82) is 0 Å². The molecule has 1 saturated carbocycles. The molecule has 3 aliphatic rings. The van der Waals surface area contributed by atoms with Crippen molar-refractivity contribution in [3.8, 4) is 5.75 Å². The number of hydrogen-bond acceptors (Lipinski definition) is 7. The maximum Gasteiger partial charge on any atom is 0.305 e. The first-order valence-electron chi connectivity index (χ1n) is 17.9. The Balaban J connectivity index is 0.000000490. The lowest BCUT2D eigenvalue weighted by Crippen LogP contribution is -2.48. The van der Waals surface area contributed by atoms with E-state index in [9.17, 15) is 18.7 Å². The number of halogens is 3. The predicted octanol–water partition coefficient (Wildman–Crippen LogP) is 10.0. The Kier molecular flexibility index (Phi) is 15.7. The molecule has 5 rings (SSSR count). The molecule has 7 nitrogen and oxygen atoms in total. The van der Waals surface area contributed by atoms with Gasteiger partial charge >= 0.3 is 6.17 Å². The van der Waals surface area contributed by atoms with Crippen molar-refractivity contribution >= 4 is 43.5 Å². The van der Waals surface area contributed by atoms with Crippen LogP contribution in [0.4, 0.5) is 14.5 Å². The number of hydrogen-bond donors (Lipinski definition) is 2. The molecule has 2 N–H and O–H groups in total. The van der Waals surface area contributed by atoms with Gasteiger partial charge < -0.3 is 23.8 Å². The zero-order valence-electron chi connectivity index (χ0n) is 30.2. The van der Waals surface area contributed by atoms with E-state index >= 15 is 0 Å². The second kappa shape index (κ2) is 19.2. The fourth-order valence-corrected chi connectivity index (χ4v) is 8.63. The zero-order valence-corrected chi connectivity index (χ0v) is 32.6. The molecule has 2 heterocycles. The normalized spacial score (nSPS) is 27.6. The number of ether oxygens (including phenoxy) is 1. The van der Waals surface area contributed by atoms with E-state index in [-0.39, 0.29) is 42.8 Å². The number of nitrogens with one attached hydrogen (secondary N) is 1. The average Bonchev–Trinajstić information content (AvgIpc) is 3.24. The molecular weight excluding hydrogens is 701 g/mol. The van der Waals surface area contributed by atoms with E-state index in [1.807, 2.05) is 38.1 Å². The van der Waals surface area contributed by atoms with Crippen LogP contribution in [0.5, 0.6) is 5.75 Å². The summed E-state index contributed by atoms with van der Waals surface area (Å²) in [5.41, 5.74) is 2.78. The number of aryl methyl sites for hydroxylation is 1. The molecule has 2 aromatic rings. The lowest BCUT2D eigenvalue weighted by atomic mass is 9.65. The largest absolute Gasteiger partial charge is 0.491 e. The molecule has 278 valence electrons. The van der Waals surface area contributed by atoms with Crippen molar-refractivity contribution in [2.75, 3.05) is 37.8 Å². The van der Waals surface area contributed by atoms with Gasteiger partial charge in [-0.1, -0.05) is 57.0 Å². The standard InChI is InChI=1S/C33H43ClN2O3S.C5H11F2O2P/c1-5-7-23-16-26(34)10-12-28(23)25-19-36-18-24-9-13-29(24)33(4,38)15-6-8-21(2)22(3)32(37)35-40-27-11-14-31(39-20-25)30(36)17-27;1-3-8-10(5(6)7)9-4-2/h6,10-12,14-17,21-22,24-25,29,38H,5,7-9,13,18-20H2,1-4H3,(H,35,37);5H,3-4H2,1-2H3/b15-6+;/t21?,22?,24?,25?,29?,33-;/m0./s1. The van der Waals surface area contributed by atoms with Gasteiger partial charge in [-0.3, -0.25) is 9.52 Å². The Bertz CT molecular complexity index is 1430. The van der Waals surface area contributed by atoms with Crippen molar-refractivity contribution < 1.29 is 32.5 Å². The molecule has 0 spiro atoms. The first-order valence-corrected chi connectivity index (χ1v) is 20.3. The number of benzene rings is 2. The second-order valence-corrected chi connectivity index (χ2v) is 16.5. The Labute approximate surface area is 307 Å². The highest BCUT2D eigenvalue weighted by Crippen LogP contribution is 2.46. The number of anilines is 1. The smallest absolute Gasteiger partial charge is 0.305 e. The van der Waals surface area contributed by atoms with Crippen LogP contribution in [0.15, 0.2) is 53.4 Å². The molecule has 0 radical (unpaired) electrons. The summed E-state index contributed by atoms with van der Waals surface area (Å²) >= 11 is 7.78. The number of allylic oxidation sites excluding steroid dienone is 1. The van der Waals surface area contributed by atoms with E-state index in [2.05, 4.69) is 56.8 Å². The van der Waals surface area contributed by atoms with Gasteiger partial charge in [-0.2, -0.15) is 8.78 Å². The van der Waals surface area contributed by atoms with E-state index in [0.717, 1.165) is 66.5 Å². The Morgan fingerprint density at radius 1 is 1.12 bits per heavy atom. The van der Waals surface area contributed by atoms with Crippen LogP contribution in [0.25, 0.3) is 0 Å². The summed E-state index contributed by atoms with van der Waals surface area (Å²) in [6.07, 6.45) is 6.49. The van der Waals surface area contributed by atoms with Crippen LogP contribution in [0, 0.1) is 23.7 Å². The topological polar surface area (TPSA) is 80.3 Å². The van der Waals surface area contributed by atoms with Crippen LogP contribution in [0.1, 0.15) is 84.3 Å². The summed E-state index contributed by atoms with van der Waals surface area (Å²) in [5.74, 6) is 1.71. The minimum absolute atomic E-state index is 0.0260. The number of carbonyl (C=O) groups excluding carboxylic acids is 1. The minimum atomic E-state index is -2.49. The zero-order chi connectivity index (χ0) is 36.4. The Hall–Kier alpha value is -1.94. The highest BCUT2D eigenvalue weighted by atomic mass is 35.5. The van der Waals surface area contributed by atoms with Crippen LogP contribution in [0.2, 0.25) is 5.02 Å². The van der Waals surface area contributed by atoms with Gasteiger partial charge in [-0.25, -0.2) is 0 Å². The summed E-state index contributed by atoms with van der Waals surface area (Å²) in [6.45, 7) is 14.4. The minimum Gasteiger partial charge on any atom is -0.491 e. The number of alkyl halides is 2. The molecule has 1 fully saturated rings. The number of aliphatic hydroxyl groups is 1. The third-order valence-corrected chi connectivity index (χ3v) is 12.4. The van der Waals surface area contributed by atoms with Crippen LogP contribution in [-0.4, -0.2) is 55.7 Å². The molecule has 1 aliphatic carbocycles. The maximum atomic E-state index is 13.0. The summed E-state index contributed by atoms with van der Waals surface area (Å²) in [7, 11) is -1.95. The lowest BCUT2D eigenvalue weighted by Gasteiger charge is -2.47. The number of nitrogens with zero attached hydrogens (tertiary/aromatic N) is 1. The molecular formula is C38H54ClF2N2O5PS. The van der Waals surface area contributed by atoms with Gasteiger partial charge in [0.15, 0.2) is 0 Å². The maximum absolute atomic E-state index is 13.0. The van der Waals surface area contributed by atoms with Crippen molar-refractivity contribution in [2.45, 2.75) is 96.2 Å². The van der Waals surface area contributed by atoms with Gasteiger partial charge in [0.05, 0.1) is 31.1 Å². The molecule has 12 heteroatoms. The van der Waals surface area contributed by atoms with Crippen molar-refractivity contribution in [1.82, 2.24) is 4.72 Å². The molecule has 1 amide bonds. The lowest BCUT2D eigenvalue weighted by molar-refractivity contribution is -0.123. The highest BCUT2D eigenvalue weighted by molar-refractivity contribution is 7.98. The number of fused-ring (bicyclic) bond motifs is 2. The first-order chi connectivity index (χ1) is 23.9. The molecule has 2 aromatic carbocycles. The number of amides is 1. The van der Waals surface area contributed by atoms with Crippen molar-refractivity contribution in [2.24, 2.45) is 23.7 Å². The van der Waals surface area contributed by atoms with Gasteiger partial charge in [0, 0.05) is 34.8 Å². The van der Waals surface area contributed by atoms with Crippen LogP contribution >= 0.6 is 31.9 Å². The molecule has 2 bridgehead atoms. The van der Waals surface area contributed by atoms with Crippen LogP contribution in [-0.2, 0) is 20.3 Å². The molecule has 0 aromatic heterocycles. The Morgan fingerprint density at radius 2 is 1.86 bits per heavy atom. The van der Waals surface area contributed by atoms with Crippen molar-refractivity contribution in [3.63, 3.8) is 0 Å². The van der Waals surface area contributed by atoms with Gasteiger partial charge in [0.25, 0.3) is 0 Å². The van der Waals surface area contributed by atoms with E-state index in [0.29, 0.717) is 12.5 Å². The molecule has 5 unspecified atom stereocenters. The number of carbonyl (C=O) groups is 1. The summed E-state index contributed by atoms with van der Waals surface area (Å²) < 4.78 is 42.5. The van der Waals surface area contributed by atoms with Crippen LogP contribution in [0.3, 0.4) is 0 Å². The van der Waals surface area contributed by atoms with Gasteiger partial charge in [-0.15, -0.1) is 0 Å². The SMILES string of the molecule is CCCc1cc(Cl)ccc1C1COc2ccc3cc2N(C1)CC1CCC1[C@@](C)(O)/C=C/CC(C)C(C)C(=O)NS3.CCOP(OCC)C(F)F. The molecule has 6 atom stereocenters. The summed E-state index contributed by atoms with van der Waals surface area (Å²) in [5, 5.41) is 12.3. The van der Waals surface area contributed by atoms with Gasteiger partial charge in [0.2, 0.25) is 14.3 Å². The van der Waals surface area contributed by atoms with Crippen molar-refractivity contribution in [3.05, 3.63) is 64.7 Å². The average molecular weight is 755 g/mol. The quantitative estimate of drug-likeness (QED) is 0.158. The number of rotatable bonds is 8. The third-order valence-electron chi connectivity index (χ3n) is 10.0. The van der Waals surface area contributed by atoms with E-state index < -0.39 is 20.1 Å². The fraction of sp³-hybridized carbons (Fsp3) is 0.605.